The third-order valence-corrected chi connectivity index (χ3v) is 4.12. The Morgan fingerprint density at radius 1 is 1.00 bits per heavy atom. The number of phenols is 1. The molecule has 0 aliphatic rings. The highest BCUT2D eigenvalue weighted by atomic mass is 79.9. The molecular weight excluding hydrogens is 452 g/mol. The van der Waals surface area contributed by atoms with Gasteiger partial charge in [-0.2, -0.15) is 0 Å². The van der Waals surface area contributed by atoms with Crippen molar-refractivity contribution in [3.63, 3.8) is 0 Å². The van der Waals surface area contributed by atoms with Gasteiger partial charge >= 0.3 is 0 Å². The molecule has 3 nitrogen and oxygen atoms in total. The summed E-state index contributed by atoms with van der Waals surface area (Å²) in [6, 6.07) is 12.9. The minimum atomic E-state index is 0.0899. The molecule has 0 atom stereocenters. The van der Waals surface area contributed by atoms with Crippen LogP contribution in [0.25, 0.3) is 0 Å². The van der Waals surface area contributed by atoms with E-state index in [0.717, 1.165) is 10.9 Å². The number of halogens is 2. The van der Waals surface area contributed by atoms with Crippen LogP contribution in [-0.2, 0) is 0 Å². The zero-order chi connectivity index (χ0) is 22.7. The number of hydrogen-bond acceptors (Lipinski definition) is 3. The van der Waals surface area contributed by atoms with Gasteiger partial charge in [0.25, 0.3) is 0 Å². The molecule has 0 fully saturated rings. The Balaban J connectivity index is 0. The summed E-state index contributed by atoms with van der Waals surface area (Å²) in [6.07, 6.45) is 4.77. The maximum absolute atomic E-state index is 9.03. The molecule has 0 bridgehead atoms. The molecule has 0 unspecified atom stereocenters. The highest BCUT2D eigenvalue weighted by Gasteiger charge is 2.03. The summed E-state index contributed by atoms with van der Waals surface area (Å²) in [4.78, 5) is 0. The van der Waals surface area contributed by atoms with E-state index in [-0.39, 0.29) is 11.9 Å². The molecule has 2 rings (SSSR count). The van der Waals surface area contributed by atoms with E-state index < -0.39 is 0 Å². The SMILES string of the molecule is CC.CC(C)Oc1ccc(O)cc1Cl.CCCCCCO.Cc1ccc(Br)cc1. The molecule has 0 amide bonds. The molecule has 2 aromatic carbocycles. The number of benzene rings is 2. The van der Waals surface area contributed by atoms with Crippen molar-refractivity contribution in [2.24, 2.45) is 0 Å². The van der Waals surface area contributed by atoms with Crippen LogP contribution in [0.4, 0.5) is 0 Å². The van der Waals surface area contributed by atoms with Crippen LogP contribution < -0.4 is 4.74 Å². The van der Waals surface area contributed by atoms with Gasteiger partial charge in [-0.1, -0.05) is 85.3 Å². The van der Waals surface area contributed by atoms with E-state index in [1.165, 1.54) is 30.9 Å². The molecule has 0 radical (unpaired) electrons. The first-order valence-corrected chi connectivity index (χ1v) is 11.4. The number of ether oxygens (including phenoxy) is 1. The van der Waals surface area contributed by atoms with Crippen molar-refractivity contribution in [2.45, 2.75) is 73.3 Å². The Morgan fingerprint density at radius 3 is 2.00 bits per heavy atom. The summed E-state index contributed by atoms with van der Waals surface area (Å²) in [5.41, 5.74) is 1.30. The first kappa shape index (κ1) is 30.0. The molecule has 0 spiro atoms. The lowest BCUT2D eigenvalue weighted by atomic mass is 10.2. The van der Waals surface area contributed by atoms with Gasteiger partial charge in [-0.15, -0.1) is 0 Å². The van der Waals surface area contributed by atoms with Gasteiger partial charge in [0.2, 0.25) is 0 Å². The first-order valence-electron chi connectivity index (χ1n) is 10.3. The van der Waals surface area contributed by atoms with Gasteiger partial charge in [0.1, 0.15) is 11.5 Å². The third-order valence-electron chi connectivity index (χ3n) is 3.30. The zero-order valence-corrected chi connectivity index (χ0v) is 21.1. The molecule has 2 aromatic rings. The Labute approximate surface area is 191 Å². The molecule has 0 heterocycles. The number of aromatic hydroxyl groups is 1. The fraction of sp³-hybridized carbons (Fsp3) is 0.500. The summed E-state index contributed by atoms with van der Waals surface area (Å²) < 4.78 is 6.50. The van der Waals surface area contributed by atoms with Crippen molar-refractivity contribution in [2.75, 3.05) is 6.61 Å². The van der Waals surface area contributed by atoms with E-state index in [1.54, 1.807) is 12.1 Å². The van der Waals surface area contributed by atoms with Crippen molar-refractivity contribution >= 4 is 27.5 Å². The number of aliphatic hydroxyl groups excluding tert-OH is 1. The Morgan fingerprint density at radius 2 is 1.59 bits per heavy atom. The van der Waals surface area contributed by atoms with Crippen molar-refractivity contribution in [1.82, 2.24) is 0 Å². The molecule has 5 heteroatoms. The number of hydrogen-bond donors (Lipinski definition) is 2. The molecule has 0 aliphatic carbocycles. The lowest BCUT2D eigenvalue weighted by Gasteiger charge is -2.10. The Hall–Kier alpha value is -1.23. The van der Waals surface area contributed by atoms with Gasteiger partial charge in [-0.05, 0) is 51.5 Å². The van der Waals surface area contributed by atoms with Crippen LogP contribution in [0.3, 0.4) is 0 Å². The zero-order valence-electron chi connectivity index (χ0n) is 18.7. The maximum atomic E-state index is 9.03. The van der Waals surface area contributed by atoms with Crippen LogP contribution >= 0.6 is 27.5 Å². The van der Waals surface area contributed by atoms with Crippen molar-refractivity contribution in [3.8, 4) is 11.5 Å². The second-order valence-corrected chi connectivity index (χ2v) is 7.68. The van der Waals surface area contributed by atoms with Gasteiger partial charge in [0.15, 0.2) is 0 Å². The Bertz CT molecular complexity index is 591. The maximum Gasteiger partial charge on any atom is 0.138 e. The van der Waals surface area contributed by atoms with Crippen LogP contribution in [-0.4, -0.2) is 22.9 Å². The standard InChI is InChI=1S/C9H11ClO2.C7H7Br.C6H14O.C2H6/c1-6(2)12-9-4-3-7(11)5-8(9)10;1-6-2-4-7(8)5-3-6;1-2-3-4-5-6-7;1-2/h3-6,11H,1-2H3;2-5H,1H3;7H,2-6H2,1H3;1-2H3. The highest BCUT2D eigenvalue weighted by molar-refractivity contribution is 9.10. The molecular formula is C24H38BrClO3. The largest absolute Gasteiger partial charge is 0.508 e. The molecule has 166 valence electrons. The van der Waals surface area contributed by atoms with Crippen molar-refractivity contribution < 1.29 is 14.9 Å². The number of rotatable bonds is 6. The topological polar surface area (TPSA) is 49.7 Å². The summed E-state index contributed by atoms with van der Waals surface area (Å²) in [5.74, 6) is 0.751. The predicted octanol–water partition coefficient (Wildman–Crippen LogP) is 8.18. The lowest BCUT2D eigenvalue weighted by molar-refractivity contribution is 0.242. The quantitative estimate of drug-likeness (QED) is 0.402. The number of aryl methyl sites for hydroxylation is 1. The number of phenolic OH excluding ortho intramolecular Hbond substituents is 1. The predicted molar refractivity (Wildman–Crippen MR) is 130 cm³/mol. The van der Waals surface area contributed by atoms with E-state index in [0.29, 0.717) is 17.4 Å². The van der Waals surface area contributed by atoms with E-state index in [9.17, 15) is 0 Å². The van der Waals surface area contributed by atoms with E-state index in [2.05, 4.69) is 41.9 Å². The van der Waals surface area contributed by atoms with Crippen LogP contribution in [0, 0.1) is 6.92 Å². The van der Waals surface area contributed by atoms with Crippen molar-refractivity contribution in [3.05, 3.63) is 57.5 Å². The monoisotopic (exact) mass is 488 g/mol. The van der Waals surface area contributed by atoms with Gasteiger partial charge in [0.05, 0.1) is 11.1 Å². The first-order chi connectivity index (χ1) is 13.8. The van der Waals surface area contributed by atoms with Crippen LogP contribution in [0.1, 0.15) is 65.9 Å². The summed E-state index contributed by atoms with van der Waals surface area (Å²) >= 11 is 9.13. The normalized spacial score (nSPS) is 9.31. The third kappa shape index (κ3) is 18.5. The molecule has 2 N–H and O–H groups in total. The lowest BCUT2D eigenvalue weighted by Crippen LogP contribution is -2.05. The molecule has 0 saturated carbocycles. The average molecular weight is 490 g/mol. The van der Waals surface area contributed by atoms with Crippen LogP contribution in [0.2, 0.25) is 5.02 Å². The summed E-state index contributed by atoms with van der Waals surface area (Å²) in [7, 11) is 0. The van der Waals surface area contributed by atoms with Gasteiger partial charge in [-0.25, -0.2) is 0 Å². The van der Waals surface area contributed by atoms with Crippen LogP contribution in [0.5, 0.6) is 11.5 Å². The molecule has 0 saturated heterocycles. The van der Waals surface area contributed by atoms with E-state index in [1.807, 2.05) is 39.8 Å². The molecule has 0 aromatic heterocycles. The minimum absolute atomic E-state index is 0.0899. The summed E-state index contributed by atoms with van der Waals surface area (Å²) in [6.45, 7) is 12.4. The van der Waals surface area contributed by atoms with Crippen LogP contribution in [0.15, 0.2) is 46.9 Å². The van der Waals surface area contributed by atoms with Gasteiger partial charge in [-0.3, -0.25) is 0 Å². The van der Waals surface area contributed by atoms with Gasteiger partial charge in [0, 0.05) is 17.1 Å². The number of unbranched alkanes of at least 4 members (excludes halogenated alkanes) is 3. The smallest absolute Gasteiger partial charge is 0.138 e. The Kier molecular flexibility index (Phi) is 20.7. The summed E-state index contributed by atoms with van der Waals surface area (Å²) in [5, 5.41) is 17.8. The second kappa shape index (κ2) is 20.1. The minimum Gasteiger partial charge on any atom is -0.508 e. The highest BCUT2D eigenvalue weighted by Crippen LogP contribution is 2.28. The van der Waals surface area contributed by atoms with Crippen molar-refractivity contribution in [1.29, 1.82) is 0 Å². The fourth-order valence-electron chi connectivity index (χ4n) is 1.91. The average Bonchev–Trinajstić information content (AvgIpc) is 2.69. The van der Waals surface area contributed by atoms with E-state index >= 15 is 0 Å². The molecule has 0 aliphatic heterocycles. The van der Waals surface area contributed by atoms with E-state index in [4.69, 9.17) is 26.6 Å². The number of aliphatic hydroxyl groups is 1. The second-order valence-electron chi connectivity index (χ2n) is 6.36. The molecule has 29 heavy (non-hydrogen) atoms. The fourth-order valence-corrected chi connectivity index (χ4v) is 2.39. The van der Waals surface area contributed by atoms with Gasteiger partial charge < -0.3 is 14.9 Å².